The molecule has 7 heteroatoms. The van der Waals surface area contributed by atoms with Crippen LogP contribution < -0.4 is 15.4 Å². The highest BCUT2D eigenvalue weighted by Crippen LogP contribution is 2.27. The lowest BCUT2D eigenvalue weighted by Crippen LogP contribution is -2.42. The van der Waals surface area contributed by atoms with E-state index in [0.717, 1.165) is 40.2 Å². The van der Waals surface area contributed by atoms with Gasteiger partial charge in [0.15, 0.2) is 5.96 Å². The van der Waals surface area contributed by atoms with Gasteiger partial charge in [-0.2, -0.15) is 0 Å². The molecule has 30 heavy (non-hydrogen) atoms. The Hall–Kier alpha value is -3.06. The molecule has 2 aromatic carbocycles. The van der Waals surface area contributed by atoms with Gasteiger partial charge in [-0.15, -0.1) is 0 Å². The van der Waals surface area contributed by atoms with Gasteiger partial charge in [-0.3, -0.25) is 4.99 Å². The van der Waals surface area contributed by atoms with Crippen LogP contribution in [0.5, 0.6) is 5.75 Å². The number of aliphatic imine (C=N–C) groups is 1. The number of rotatable bonds is 8. The smallest absolute Gasteiger partial charge is 0.191 e. The van der Waals surface area contributed by atoms with Crippen LogP contribution in [-0.2, 0) is 6.42 Å². The van der Waals surface area contributed by atoms with E-state index in [-0.39, 0.29) is 11.9 Å². The second kappa shape index (κ2) is 10.1. The number of ether oxygens (including phenoxy) is 1. The zero-order valence-electron chi connectivity index (χ0n) is 18.0. The highest BCUT2D eigenvalue weighted by molar-refractivity contribution is 5.83. The first-order valence-corrected chi connectivity index (χ1v) is 10.0. The van der Waals surface area contributed by atoms with Crippen molar-refractivity contribution in [2.75, 3.05) is 41.3 Å². The van der Waals surface area contributed by atoms with E-state index in [9.17, 15) is 4.39 Å². The molecule has 1 heterocycles. The number of guanidine groups is 1. The third-order valence-corrected chi connectivity index (χ3v) is 5.22. The van der Waals surface area contributed by atoms with Crippen molar-refractivity contribution in [3.63, 3.8) is 0 Å². The molecule has 0 saturated carbocycles. The highest BCUT2D eigenvalue weighted by Gasteiger charge is 2.18. The van der Waals surface area contributed by atoms with Crippen LogP contribution in [0, 0.1) is 5.82 Å². The predicted octanol–water partition coefficient (Wildman–Crippen LogP) is 3.33. The van der Waals surface area contributed by atoms with Crippen molar-refractivity contribution in [1.29, 1.82) is 0 Å². The summed E-state index contributed by atoms with van der Waals surface area (Å²) in [6, 6.07) is 13.0. The standard InChI is InChI=1S/C23H30FN5O/c1-25-23(26-12-11-16-14-27-20-13-17(24)9-10-18(16)20)28-15-21(29(2)3)19-7-5-6-8-22(19)30-4/h5-10,13-14,21,27H,11-12,15H2,1-4H3,(H2,25,26,28). The molecule has 3 aromatic rings. The monoisotopic (exact) mass is 411 g/mol. The van der Waals surface area contributed by atoms with Crippen molar-refractivity contribution >= 4 is 16.9 Å². The number of halogens is 1. The number of methoxy groups -OCH3 is 1. The number of likely N-dealkylation sites (N-methyl/N-ethyl adjacent to an activating group) is 1. The fraction of sp³-hybridized carbons (Fsp3) is 0.348. The lowest BCUT2D eigenvalue weighted by Gasteiger charge is -2.27. The summed E-state index contributed by atoms with van der Waals surface area (Å²) >= 11 is 0. The van der Waals surface area contributed by atoms with Crippen molar-refractivity contribution in [2.45, 2.75) is 12.5 Å². The molecular formula is C23H30FN5O. The maximum Gasteiger partial charge on any atom is 0.191 e. The van der Waals surface area contributed by atoms with Crippen molar-refractivity contribution in [3.05, 3.63) is 65.6 Å². The molecule has 1 unspecified atom stereocenters. The molecule has 0 bridgehead atoms. The molecule has 0 aliphatic heterocycles. The maximum absolute atomic E-state index is 13.4. The van der Waals surface area contributed by atoms with E-state index in [1.165, 1.54) is 12.1 Å². The van der Waals surface area contributed by atoms with Gasteiger partial charge < -0.3 is 25.3 Å². The van der Waals surface area contributed by atoms with E-state index in [1.807, 2.05) is 30.5 Å². The Morgan fingerprint density at radius 3 is 2.73 bits per heavy atom. The van der Waals surface area contributed by atoms with Crippen LogP contribution in [0.1, 0.15) is 17.2 Å². The molecular weight excluding hydrogens is 381 g/mol. The minimum atomic E-state index is -0.232. The summed E-state index contributed by atoms with van der Waals surface area (Å²) in [5, 5.41) is 7.82. The quantitative estimate of drug-likeness (QED) is 0.393. The second-order valence-electron chi connectivity index (χ2n) is 7.36. The van der Waals surface area contributed by atoms with E-state index >= 15 is 0 Å². The fourth-order valence-corrected chi connectivity index (χ4v) is 3.61. The van der Waals surface area contributed by atoms with Gasteiger partial charge in [-0.05, 0) is 50.3 Å². The van der Waals surface area contributed by atoms with Gasteiger partial charge in [0.05, 0.1) is 13.2 Å². The number of H-pyrrole nitrogens is 1. The van der Waals surface area contributed by atoms with Crippen LogP contribution in [0.2, 0.25) is 0 Å². The van der Waals surface area contributed by atoms with E-state index in [1.54, 1.807) is 14.2 Å². The number of aromatic nitrogens is 1. The van der Waals surface area contributed by atoms with Gasteiger partial charge in [0.25, 0.3) is 0 Å². The van der Waals surface area contributed by atoms with Crippen molar-refractivity contribution < 1.29 is 9.13 Å². The van der Waals surface area contributed by atoms with Gasteiger partial charge in [0.2, 0.25) is 0 Å². The number of hydrogen-bond donors (Lipinski definition) is 3. The van der Waals surface area contributed by atoms with Crippen LogP contribution in [0.3, 0.4) is 0 Å². The van der Waals surface area contributed by atoms with Crippen molar-refractivity contribution in [2.24, 2.45) is 4.99 Å². The molecule has 0 saturated heterocycles. The van der Waals surface area contributed by atoms with E-state index in [0.29, 0.717) is 13.1 Å². The Balaban J connectivity index is 1.58. The molecule has 3 rings (SSSR count). The minimum absolute atomic E-state index is 0.128. The number of nitrogens with one attached hydrogen (secondary N) is 3. The Morgan fingerprint density at radius 1 is 1.20 bits per heavy atom. The molecule has 3 N–H and O–H groups in total. The molecule has 0 aliphatic rings. The Morgan fingerprint density at radius 2 is 2.00 bits per heavy atom. The molecule has 0 amide bonds. The van der Waals surface area contributed by atoms with E-state index in [2.05, 4.69) is 45.7 Å². The number of hydrogen-bond acceptors (Lipinski definition) is 3. The molecule has 0 spiro atoms. The average Bonchev–Trinajstić information content (AvgIpc) is 3.14. The number of fused-ring (bicyclic) bond motifs is 1. The first-order valence-electron chi connectivity index (χ1n) is 10.0. The lowest BCUT2D eigenvalue weighted by molar-refractivity contribution is 0.288. The Labute approximate surface area is 177 Å². The molecule has 1 aromatic heterocycles. The Kier molecular flexibility index (Phi) is 7.30. The third-order valence-electron chi connectivity index (χ3n) is 5.22. The molecule has 0 radical (unpaired) electrons. The molecule has 1 atom stereocenters. The summed E-state index contributed by atoms with van der Waals surface area (Å²) in [6.45, 7) is 1.39. The topological polar surface area (TPSA) is 64.7 Å². The zero-order valence-corrected chi connectivity index (χ0v) is 18.0. The molecule has 160 valence electrons. The summed E-state index contributed by atoms with van der Waals surface area (Å²) in [5.74, 6) is 1.38. The molecule has 6 nitrogen and oxygen atoms in total. The largest absolute Gasteiger partial charge is 0.496 e. The SMILES string of the molecule is CN=C(NCCc1c[nH]c2cc(F)ccc12)NCC(c1ccccc1OC)N(C)C. The zero-order chi connectivity index (χ0) is 21.5. The summed E-state index contributed by atoms with van der Waals surface area (Å²) in [7, 11) is 7.56. The Bertz CT molecular complexity index is 998. The van der Waals surface area contributed by atoms with Gasteiger partial charge in [0.1, 0.15) is 11.6 Å². The predicted molar refractivity (Wildman–Crippen MR) is 121 cm³/mol. The summed E-state index contributed by atoms with van der Waals surface area (Å²) in [6.07, 6.45) is 2.74. The summed E-state index contributed by atoms with van der Waals surface area (Å²) in [5.41, 5.74) is 3.09. The van der Waals surface area contributed by atoms with Crippen LogP contribution in [0.4, 0.5) is 4.39 Å². The number of nitrogens with zero attached hydrogens (tertiary/aromatic N) is 2. The fourth-order valence-electron chi connectivity index (χ4n) is 3.61. The van der Waals surface area contributed by atoms with Crippen LogP contribution >= 0.6 is 0 Å². The van der Waals surface area contributed by atoms with Crippen molar-refractivity contribution in [1.82, 2.24) is 20.5 Å². The third kappa shape index (κ3) is 5.10. The van der Waals surface area contributed by atoms with Crippen LogP contribution in [0.25, 0.3) is 10.9 Å². The van der Waals surface area contributed by atoms with Gasteiger partial charge in [0, 0.05) is 42.8 Å². The number of aromatic amines is 1. The minimum Gasteiger partial charge on any atom is -0.496 e. The van der Waals surface area contributed by atoms with Crippen LogP contribution in [-0.4, -0.2) is 57.2 Å². The summed E-state index contributed by atoms with van der Waals surface area (Å²) < 4.78 is 18.9. The van der Waals surface area contributed by atoms with Crippen LogP contribution in [0.15, 0.2) is 53.7 Å². The average molecular weight is 412 g/mol. The van der Waals surface area contributed by atoms with E-state index < -0.39 is 0 Å². The lowest BCUT2D eigenvalue weighted by atomic mass is 10.0. The van der Waals surface area contributed by atoms with Gasteiger partial charge in [-0.1, -0.05) is 18.2 Å². The number of benzene rings is 2. The van der Waals surface area contributed by atoms with E-state index in [4.69, 9.17) is 4.74 Å². The molecule has 0 aliphatic carbocycles. The normalized spacial score (nSPS) is 12.9. The van der Waals surface area contributed by atoms with Gasteiger partial charge in [-0.25, -0.2) is 4.39 Å². The highest BCUT2D eigenvalue weighted by atomic mass is 19.1. The van der Waals surface area contributed by atoms with Crippen molar-refractivity contribution in [3.8, 4) is 5.75 Å². The first kappa shape index (κ1) is 21.6. The van der Waals surface area contributed by atoms with Gasteiger partial charge >= 0.3 is 0 Å². The first-order chi connectivity index (χ1) is 14.5. The second-order valence-corrected chi connectivity index (χ2v) is 7.36. The maximum atomic E-state index is 13.4. The number of para-hydroxylation sites is 1. The molecule has 0 fully saturated rings. The summed E-state index contributed by atoms with van der Waals surface area (Å²) in [4.78, 5) is 9.62.